The van der Waals surface area contributed by atoms with Crippen molar-refractivity contribution in [2.45, 2.75) is 51.2 Å². The van der Waals surface area contributed by atoms with Gasteiger partial charge in [-0.2, -0.15) is 0 Å². The summed E-state index contributed by atoms with van der Waals surface area (Å²) in [5, 5.41) is 0. The van der Waals surface area contributed by atoms with Gasteiger partial charge < -0.3 is 9.08 Å². The van der Waals surface area contributed by atoms with Gasteiger partial charge in [0.25, 0.3) is 0 Å². The molecule has 0 aliphatic heterocycles. The third-order valence-electron chi connectivity index (χ3n) is 2.99. The van der Waals surface area contributed by atoms with E-state index in [2.05, 4.69) is 31.8 Å². The van der Waals surface area contributed by atoms with Crippen LogP contribution in [0.5, 0.6) is 0 Å². The lowest BCUT2D eigenvalue weighted by Gasteiger charge is -2.33. The second kappa shape index (κ2) is 5.89. The monoisotopic (exact) mass is 203 g/mol. The summed E-state index contributed by atoms with van der Waals surface area (Å²) in [6.45, 7) is 3.45. The Balaban J connectivity index is 2.23. The summed E-state index contributed by atoms with van der Waals surface area (Å²) in [6, 6.07) is 0.777. The van der Waals surface area contributed by atoms with Crippen molar-refractivity contribution in [2.75, 3.05) is 13.6 Å². The summed E-state index contributed by atoms with van der Waals surface area (Å²) in [6.07, 6.45) is 6.52. The van der Waals surface area contributed by atoms with E-state index < -0.39 is 0 Å². The Kier molecular flexibility index (Phi) is 5.14. The molecule has 13 heavy (non-hydrogen) atoms. The van der Waals surface area contributed by atoms with Gasteiger partial charge in [0, 0.05) is 6.04 Å². The molecule has 0 aromatic heterocycles. The lowest BCUT2D eigenvalue weighted by Crippen LogP contribution is -2.36. The van der Waals surface area contributed by atoms with Crippen molar-refractivity contribution in [1.82, 2.24) is 4.90 Å². The summed E-state index contributed by atoms with van der Waals surface area (Å²) in [5.74, 6) is 0. The number of nitrogens with zero attached hydrogens (tertiary/aromatic N) is 1. The summed E-state index contributed by atoms with van der Waals surface area (Å²) in [4.78, 5) is 2.48. The highest BCUT2D eigenvalue weighted by Crippen LogP contribution is 2.24. The van der Waals surface area contributed by atoms with Crippen molar-refractivity contribution in [2.24, 2.45) is 0 Å². The van der Waals surface area contributed by atoms with E-state index in [9.17, 15) is 0 Å². The molecule has 1 fully saturated rings. The highest BCUT2D eigenvalue weighted by Gasteiger charge is 2.23. The molecular weight excluding hydrogens is 182 g/mol. The van der Waals surface area contributed by atoms with E-state index in [1.165, 1.54) is 38.6 Å². The first-order valence-electron chi connectivity index (χ1n) is 5.28. The van der Waals surface area contributed by atoms with Crippen molar-refractivity contribution in [1.29, 1.82) is 0 Å². The van der Waals surface area contributed by atoms with E-state index in [0.717, 1.165) is 6.04 Å². The number of thiol groups is 1. The molecule has 1 aliphatic rings. The van der Waals surface area contributed by atoms with Crippen LogP contribution < -0.4 is 0 Å². The SMILES string of the molecule is CCCN(C)C1CCC(OS)CC1. The van der Waals surface area contributed by atoms with Gasteiger partial charge >= 0.3 is 0 Å². The van der Waals surface area contributed by atoms with Gasteiger partial charge in [0.15, 0.2) is 0 Å². The van der Waals surface area contributed by atoms with Crippen molar-refractivity contribution in [3.05, 3.63) is 0 Å². The maximum atomic E-state index is 5.06. The largest absolute Gasteiger partial charge is 0.315 e. The van der Waals surface area contributed by atoms with Gasteiger partial charge in [-0.15, -0.1) is 0 Å². The maximum Gasteiger partial charge on any atom is 0.0720 e. The van der Waals surface area contributed by atoms with Crippen LogP contribution >= 0.6 is 12.9 Å². The van der Waals surface area contributed by atoms with E-state index in [4.69, 9.17) is 4.18 Å². The van der Waals surface area contributed by atoms with Crippen molar-refractivity contribution < 1.29 is 4.18 Å². The summed E-state index contributed by atoms with van der Waals surface area (Å²) in [5.41, 5.74) is 0. The summed E-state index contributed by atoms with van der Waals surface area (Å²) >= 11 is 3.87. The standard InChI is InChI=1S/C10H21NOS/c1-3-8-11(2)9-4-6-10(12-13)7-5-9/h9-10,13H,3-8H2,1-2H3. The molecule has 1 saturated carbocycles. The van der Waals surface area contributed by atoms with Crippen LogP contribution in [0.3, 0.4) is 0 Å². The first-order valence-corrected chi connectivity index (χ1v) is 5.65. The lowest BCUT2D eigenvalue weighted by atomic mass is 9.92. The number of rotatable bonds is 4. The number of hydrogen-bond donors (Lipinski definition) is 1. The fourth-order valence-corrected chi connectivity index (χ4v) is 2.34. The summed E-state index contributed by atoms with van der Waals surface area (Å²) in [7, 11) is 2.23. The Hall–Kier alpha value is 0.270. The minimum Gasteiger partial charge on any atom is -0.315 e. The highest BCUT2D eigenvalue weighted by molar-refractivity contribution is 7.75. The molecular formula is C10H21NOS. The van der Waals surface area contributed by atoms with Gasteiger partial charge in [-0.05, 0) is 58.6 Å². The average molecular weight is 203 g/mol. The van der Waals surface area contributed by atoms with Gasteiger partial charge in [0.1, 0.15) is 0 Å². The van der Waals surface area contributed by atoms with Gasteiger partial charge in [-0.1, -0.05) is 6.92 Å². The minimum absolute atomic E-state index is 0.398. The molecule has 0 aromatic rings. The Bertz CT molecular complexity index is 135. The van der Waals surface area contributed by atoms with Crippen LogP contribution in [0.15, 0.2) is 0 Å². The fourth-order valence-electron chi connectivity index (χ4n) is 2.13. The Morgan fingerprint density at radius 3 is 2.38 bits per heavy atom. The van der Waals surface area contributed by atoms with Crippen LogP contribution in [-0.2, 0) is 4.18 Å². The van der Waals surface area contributed by atoms with E-state index in [-0.39, 0.29) is 0 Å². The molecule has 78 valence electrons. The zero-order valence-electron chi connectivity index (χ0n) is 8.70. The van der Waals surface area contributed by atoms with Crippen LogP contribution in [0.2, 0.25) is 0 Å². The first-order chi connectivity index (χ1) is 6.27. The molecule has 3 heteroatoms. The summed E-state index contributed by atoms with van der Waals surface area (Å²) < 4.78 is 5.06. The van der Waals surface area contributed by atoms with Crippen LogP contribution in [0.4, 0.5) is 0 Å². The van der Waals surface area contributed by atoms with Crippen LogP contribution in [0.1, 0.15) is 39.0 Å². The topological polar surface area (TPSA) is 12.5 Å². The molecule has 0 heterocycles. The first kappa shape index (κ1) is 11.3. The molecule has 0 unspecified atom stereocenters. The minimum atomic E-state index is 0.398. The zero-order chi connectivity index (χ0) is 9.68. The molecule has 1 rings (SSSR count). The van der Waals surface area contributed by atoms with E-state index in [1.807, 2.05) is 0 Å². The van der Waals surface area contributed by atoms with Crippen molar-refractivity contribution in [3.63, 3.8) is 0 Å². The highest BCUT2D eigenvalue weighted by atomic mass is 32.1. The van der Waals surface area contributed by atoms with Gasteiger partial charge in [0.05, 0.1) is 6.10 Å². The van der Waals surface area contributed by atoms with Gasteiger partial charge in [-0.25, -0.2) is 0 Å². The predicted octanol–water partition coefficient (Wildman–Crippen LogP) is 2.50. The second-order valence-electron chi connectivity index (χ2n) is 4.02. The maximum absolute atomic E-state index is 5.06. The number of hydrogen-bond acceptors (Lipinski definition) is 3. The molecule has 0 spiro atoms. The molecule has 0 N–H and O–H groups in total. The third-order valence-corrected chi connectivity index (χ3v) is 3.29. The Morgan fingerprint density at radius 2 is 1.92 bits per heavy atom. The van der Waals surface area contributed by atoms with Crippen molar-refractivity contribution >= 4 is 12.9 Å². The second-order valence-corrected chi connectivity index (χ2v) is 4.23. The third kappa shape index (κ3) is 3.49. The molecule has 0 aromatic carbocycles. The molecule has 0 atom stereocenters. The van der Waals surface area contributed by atoms with Crippen LogP contribution in [-0.4, -0.2) is 30.6 Å². The average Bonchev–Trinajstić information content (AvgIpc) is 2.18. The predicted molar refractivity (Wildman–Crippen MR) is 59.0 cm³/mol. The van der Waals surface area contributed by atoms with Crippen LogP contribution in [0.25, 0.3) is 0 Å². The van der Waals surface area contributed by atoms with Gasteiger partial charge in [0.2, 0.25) is 0 Å². The quantitative estimate of drug-likeness (QED) is 0.557. The zero-order valence-corrected chi connectivity index (χ0v) is 9.59. The van der Waals surface area contributed by atoms with E-state index in [1.54, 1.807) is 0 Å². The van der Waals surface area contributed by atoms with Gasteiger partial charge in [-0.3, -0.25) is 0 Å². The molecule has 0 radical (unpaired) electrons. The Labute approximate surface area is 87.3 Å². The lowest BCUT2D eigenvalue weighted by molar-refractivity contribution is 0.118. The molecule has 2 nitrogen and oxygen atoms in total. The molecule has 0 amide bonds. The molecule has 1 aliphatic carbocycles. The fraction of sp³-hybridized carbons (Fsp3) is 1.00. The van der Waals surface area contributed by atoms with Crippen LogP contribution in [0, 0.1) is 0 Å². The smallest absolute Gasteiger partial charge is 0.0720 e. The molecule has 0 bridgehead atoms. The molecule has 0 saturated heterocycles. The normalized spacial score (nSPS) is 29.5. The van der Waals surface area contributed by atoms with E-state index in [0.29, 0.717) is 6.10 Å². The van der Waals surface area contributed by atoms with Crippen molar-refractivity contribution in [3.8, 4) is 0 Å². The van der Waals surface area contributed by atoms with E-state index >= 15 is 0 Å². The Morgan fingerprint density at radius 1 is 1.31 bits per heavy atom.